The van der Waals surface area contributed by atoms with E-state index in [1.807, 2.05) is 30.3 Å². The van der Waals surface area contributed by atoms with Gasteiger partial charge in [-0.2, -0.15) is 0 Å². The third kappa shape index (κ3) is 2.23. The zero-order valence-corrected chi connectivity index (χ0v) is 9.54. The fourth-order valence-corrected chi connectivity index (χ4v) is 1.70. The topological polar surface area (TPSA) is 12.9 Å². The van der Waals surface area contributed by atoms with Gasteiger partial charge in [0, 0.05) is 10.9 Å². The van der Waals surface area contributed by atoms with Gasteiger partial charge in [-0.3, -0.25) is 4.98 Å². The molecule has 0 bridgehead atoms. The van der Waals surface area contributed by atoms with Gasteiger partial charge in [-0.1, -0.05) is 46.3 Å². The lowest BCUT2D eigenvalue weighted by Gasteiger charge is -2.04. The Bertz CT molecular complexity index is 456. The number of benzene rings is 1. The number of rotatable bonds is 2. The number of alkyl halides is 1. The molecule has 0 aliphatic heterocycles. The highest BCUT2D eigenvalue weighted by molar-refractivity contribution is 9.08. The quantitative estimate of drug-likeness (QED) is 0.754. The van der Waals surface area contributed by atoms with E-state index in [1.54, 1.807) is 6.07 Å². The van der Waals surface area contributed by atoms with Crippen molar-refractivity contribution >= 4 is 15.9 Å². The molecular weight excluding hydrogens is 257 g/mol. The van der Waals surface area contributed by atoms with Crippen molar-refractivity contribution in [1.29, 1.82) is 0 Å². The summed E-state index contributed by atoms with van der Waals surface area (Å²) in [4.78, 5) is 3.96. The second kappa shape index (κ2) is 4.53. The van der Waals surface area contributed by atoms with E-state index < -0.39 is 0 Å². The third-order valence-corrected chi connectivity index (χ3v) is 2.71. The Morgan fingerprint density at radius 1 is 1.20 bits per heavy atom. The number of aromatic nitrogens is 1. The van der Waals surface area contributed by atoms with Crippen LogP contribution in [0.15, 0.2) is 42.6 Å². The first-order valence-electron chi connectivity index (χ1n) is 4.57. The number of halogens is 2. The summed E-state index contributed by atoms with van der Waals surface area (Å²) in [6.45, 7) is 0. The van der Waals surface area contributed by atoms with Gasteiger partial charge in [0.15, 0.2) is 0 Å². The molecule has 0 spiro atoms. The maximum Gasteiger partial charge on any atom is 0.149 e. The Morgan fingerprint density at radius 3 is 2.60 bits per heavy atom. The largest absolute Gasteiger partial charge is 0.257 e. The Balaban J connectivity index is 2.52. The first-order chi connectivity index (χ1) is 7.31. The number of hydrogen-bond donors (Lipinski definition) is 0. The van der Waals surface area contributed by atoms with Crippen LogP contribution in [0.2, 0.25) is 0 Å². The van der Waals surface area contributed by atoms with Gasteiger partial charge >= 0.3 is 0 Å². The molecule has 0 N–H and O–H groups in total. The molecule has 0 atom stereocenters. The summed E-state index contributed by atoms with van der Waals surface area (Å²) in [5.41, 5.74) is 2.30. The van der Waals surface area contributed by atoms with E-state index in [9.17, 15) is 4.39 Å². The van der Waals surface area contributed by atoms with Crippen molar-refractivity contribution in [2.45, 2.75) is 5.33 Å². The lowest BCUT2D eigenvalue weighted by molar-refractivity contribution is 0.624. The van der Waals surface area contributed by atoms with Gasteiger partial charge in [-0.15, -0.1) is 0 Å². The first kappa shape index (κ1) is 10.3. The van der Waals surface area contributed by atoms with Crippen LogP contribution >= 0.6 is 15.9 Å². The molecule has 0 aliphatic carbocycles. The van der Waals surface area contributed by atoms with Crippen molar-refractivity contribution in [3.05, 3.63) is 54.1 Å². The lowest BCUT2D eigenvalue weighted by Crippen LogP contribution is -1.90. The SMILES string of the molecule is Fc1cnc(CBr)cc1-c1ccccc1. The maximum absolute atomic E-state index is 13.5. The molecule has 76 valence electrons. The zero-order valence-electron chi connectivity index (χ0n) is 7.95. The van der Waals surface area contributed by atoms with Gasteiger partial charge in [0.25, 0.3) is 0 Å². The lowest BCUT2D eigenvalue weighted by atomic mass is 10.1. The van der Waals surface area contributed by atoms with Crippen molar-refractivity contribution in [2.75, 3.05) is 0 Å². The monoisotopic (exact) mass is 265 g/mol. The van der Waals surface area contributed by atoms with Crippen LogP contribution in [0.4, 0.5) is 4.39 Å². The summed E-state index contributed by atoms with van der Waals surface area (Å²) in [5, 5.41) is 0.632. The molecule has 0 aliphatic rings. The molecule has 0 amide bonds. The summed E-state index contributed by atoms with van der Waals surface area (Å²) in [6.07, 6.45) is 1.26. The van der Waals surface area contributed by atoms with Gasteiger partial charge in [0.05, 0.1) is 11.9 Å². The van der Waals surface area contributed by atoms with Gasteiger partial charge in [0.2, 0.25) is 0 Å². The van der Waals surface area contributed by atoms with Gasteiger partial charge < -0.3 is 0 Å². The summed E-state index contributed by atoms with van der Waals surface area (Å²) >= 11 is 3.30. The van der Waals surface area contributed by atoms with Crippen molar-refractivity contribution in [1.82, 2.24) is 4.98 Å². The highest BCUT2D eigenvalue weighted by Crippen LogP contribution is 2.23. The molecule has 0 saturated carbocycles. The van der Waals surface area contributed by atoms with Gasteiger partial charge in [-0.05, 0) is 11.6 Å². The second-order valence-electron chi connectivity index (χ2n) is 3.16. The number of hydrogen-bond acceptors (Lipinski definition) is 1. The van der Waals surface area contributed by atoms with Crippen LogP contribution in [-0.2, 0) is 5.33 Å². The molecule has 0 saturated heterocycles. The molecule has 3 heteroatoms. The Hall–Kier alpha value is -1.22. The van der Waals surface area contributed by atoms with E-state index in [2.05, 4.69) is 20.9 Å². The fourth-order valence-electron chi connectivity index (χ4n) is 1.39. The molecule has 1 aromatic carbocycles. The van der Waals surface area contributed by atoms with Crippen LogP contribution in [0.1, 0.15) is 5.69 Å². The summed E-state index contributed by atoms with van der Waals surface area (Å²) in [5.74, 6) is -0.286. The van der Waals surface area contributed by atoms with Gasteiger partial charge in [0.1, 0.15) is 5.82 Å². The zero-order chi connectivity index (χ0) is 10.7. The van der Waals surface area contributed by atoms with Crippen LogP contribution in [0.3, 0.4) is 0 Å². The Morgan fingerprint density at radius 2 is 1.93 bits per heavy atom. The maximum atomic E-state index is 13.5. The van der Waals surface area contributed by atoms with E-state index in [0.717, 1.165) is 11.3 Å². The van der Waals surface area contributed by atoms with E-state index >= 15 is 0 Å². The standard InChI is InChI=1S/C12H9BrFN/c13-7-10-6-11(12(14)8-15-10)9-4-2-1-3-5-9/h1-6,8H,7H2. The number of pyridine rings is 1. The predicted molar refractivity (Wildman–Crippen MR) is 62.3 cm³/mol. The molecule has 0 radical (unpaired) electrons. The third-order valence-electron chi connectivity index (χ3n) is 2.13. The summed E-state index contributed by atoms with van der Waals surface area (Å²) in [6, 6.07) is 11.2. The van der Waals surface area contributed by atoms with Crippen LogP contribution in [0.25, 0.3) is 11.1 Å². The van der Waals surface area contributed by atoms with Crippen LogP contribution in [0, 0.1) is 5.82 Å². The number of nitrogens with zero attached hydrogens (tertiary/aromatic N) is 1. The molecule has 15 heavy (non-hydrogen) atoms. The highest BCUT2D eigenvalue weighted by Gasteiger charge is 2.06. The van der Waals surface area contributed by atoms with E-state index in [1.165, 1.54) is 6.20 Å². The van der Waals surface area contributed by atoms with E-state index in [4.69, 9.17) is 0 Å². The average Bonchev–Trinajstić information content (AvgIpc) is 2.31. The van der Waals surface area contributed by atoms with Crippen molar-refractivity contribution in [3.63, 3.8) is 0 Å². The minimum absolute atomic E-state index is 0.286. The molecule has 2 rings (SSSR count). The van der Waals surface area contributed by atoms with E-state index in [-0.39, 0.29) is 5.82 Å². The average molecular weight is 266 g/mol. The minimum atomic E-state index is -0.286. The van der Waals surface area contributed by atoms with Crippen LogP contribution in [0.5, 0.6) is 0 Å². The van der Waals surface area contributed by atoms with Crippen molar-refractivity contribution in [2.24, 2.45) is 0 Å². The molecule has 2 aromatic rings. The van der Waals surface area contributed by atoms with E-state index in [0.29, 0.717) is 10.9 Å². The molecule has 1 aromatic heterocycles. The molecular formula is C12H9BrFN. The Labute approximate surface area is 96.1 Å². The Kier molecular flexibility index (Phi) is 3.11. The first-order valence-corrected chi connectivity index (χ1v) is 5.69. The summed E-state index contributed by atoms with van der Waals surface area (Å²) < 4.78 is 13.5. The van der Waals surface area contributed by atoms with Crippen LogP contribution in [-0.4, -0.2) is 4.98 Å². The van der Waals surface area contributed by atoms with Crippen molar-refractivity contribution in [3.8, 4) is 11.1 Å². The fraction of sp³-hybridized carbons (Fsp3) is 0.0833. The highest BCUT2D eigenvalue weighted by atomic mass is 79.9. The smallest absolute Gasteiger partial charge is 0.149 e. The van der Waals surface area contributed by atoms with Crippen LogP contribution < -0.4 is 0 Å². The predicted octanol–water partition coefficient (Wildman–Crippen LogP) is 3.78. The second-order valence-corrected chi connectivity index (χ2v) is 3.72. The normalized spacial score (nSPS) is 10.3. The molecule has 1 nitrogen and oxygen atoms in total. The molecule has 0 fully saturated rings. The molecule has 0 unspecified atom stereocenters. The molecule has 1 heterocycles. The summed E-state index contributed by atoms with van der Waals surface area (Å²) in [7, 11) is 0. The minimum Gasteiger partial charge on any atom is -0.257 e. The van der Waals surface area contributed by atoms with Crippen molar-refractivity contribution < 1.29 is 4.39 Å². The van der Waals surface area contributed by atoms with Gasteiger partial charge in [-0.25, -0.2) is 4.39 Å².